The molecule has 0 N–H and O–H groups in total. The zero-order valence-corrected chi connectivity index (χ0v) is 16.4. The first-order chi connectivity index (χ1) is 12.6. The largest absolute Gasteiger partial charge is 0.360 e. The summed E-state index contributed by atoms with van der Waals surface area (Å²) in [4.78, 5) is 22.5. The number of hydrogen-bond acceptors (Lipinski definition) is 7. The monoisotopic (exact) mass is 388 g/mol. The van der Waals surface area contributed by atoms with Gasteiger partial charge in [-0.25, -0.2) is 4.98 Å². The molecule has 136 valence electrons. The number of aryl methyl sites for hydroxylation is 2. The number of nitrogens with zero attached hydrogens (tertiary/aromatic N) is 4. The fraction of sp³-hybridized carbons (Fsp3) is 0.389. The van der Waals surface area contributed by atoms with Crippen LogP contribution in [0.2, 0.25) is 0 Å². The van der Waals surface area contributed by atoms with E-state index in [2.05, 4.69) is 20.4 Å². The second-order valence-corrected chi connectivity index (χ2v) is 8.23. The summed E-state index contributed by atoms with van der Waals surface area (Å²) < 4.78 is 5.29. The molecule has 0 saturated carbocycles. The Bertz CT molecular complexity index is 892. The fourth-order valence-corrected chi connectivity index (χ4v) is 4.81. The summed E-state index contributed by atoms with van der Waals surface area (Å²) in [5, 5.41) is 8.95. The highest BCUT2D eigenvalue weighted by Crippen LogP contribution is 2.30. The van der Waals surface area contributed by atoms with Crippen LogP contribution in [0.5, 0.6) is 0 Å². The number of thiazole rings is 1. The van der Waals surface area contributed by atoms with Gasteiger partial charge in [-0.1, -0.05) is 5.16 Å². The first kappa shape index (κ1) is 17.4. The molecule has 1 amide bonds. The van der Waals surface area contributed by atoms with Crippen LogP contribution in [0.15, 0.2) is 27.4 Å². The predicted molar refractivity (Wildman–Crippen MR) is 103 cm³/mol. The van der Waals surface area contributed by atoms with Gasteiger partial charge < -0.3 is 9.42 Å². The summed E-state index contributed by atoms with van der Waals surface area (Å²) in [6.07, 6.45) is 0. The van der Waals surface area contributed by atoms with Crippen molar-refractivity contribution in [3.63, 3.8) is 0 Å². The van der Waals surface area contributed by atoms with E-state index in [-0.39, 0.29) is 5.91 Å². The van der Waals surface area contributed by atoms with Crippen molar-refractivity contribution >= 4 is 28.6 Å². The van der Waals surface area contributed by atoms with Gasteiger partial charge in [0.05, 0.1) is 17.9 Å². The van der Waals surface area contributed by atoms with Crippen molar-refractivity contribution < 1.29 is 9.32 Å². The van der Waals surface area contributed by atoms with Gasteiger partial charge in [-0.3, -0.25) is 9.69 Å². The van der Waals surface area contributed by atoms with Gasteiger partial charge in [0, 0.05) is 43.2 Å². The van der Waals surface area contributed by atoms with Crippen molar-refractivity contribution in [3.05, 3.63) is 44.9 Å². The number of rotatable bonds is 4. The lowest BCUT2D eigenvalue weighted by molar-refractivity contribution is 0.0621. The molecule has 26 heavy (non-hydrogen) atoms. The Morgan fingerprint density at radius 3 is 2.73 bits per heavy atom. The molecule has 0 unspecified atom stereocenters. The van der Waals surface area contributed by atoms with Crippen LogP contribution in [-0.2, 0) is 6.54 Å². The third-order valence-electron chi connectivity index (χ3n) is 4.47. The van der Waals surface area contributed by atoms with Crippen LogP contribution < -0.4 is 0 Å². The highest BCUT2D eigenvalue weighted by atomic mass is 32.1. The van der Waals surface area contributed by atoms with Crippen molar-refractivity contribution in [2.45, 2.75) is 20.4 Å². The molecule has 1 saturated heterocycles. The molecule has 0 spiro atoms. The molecule has 1 aliphatic rings. The van der Waals surface area contributed by atoms with Gasteiger partial charge in [0.1, 0.15) is 9.88 Å². The van der Waals surface area contributed by atoms with Gasteiger partial charge in [0.2, 0.25) is 0 Å². The summed E-state index contributed by atoms with van der Waals surface area (Å²) in [7, 11) is 0. The van der Waals surface area contributed by atoms with E-state index in [4.69, 9.17) is 4.52 Å². The minimum absolute atomic E-state index is 0.0941. The molecular weight excluding hydrogens is 368 g/mol. The molecule has 4 heterocycles. The molecular formula is C18H20N4O2S2. The Morgan fingerprint density at radius 1 is 1.27 bits per heavy atom. The normalized spacial score (nSPS) is 15.5. The van der Waals surface area contributed by atoms with Crippen molar-refractivity contribution in [2.75, 3.05) is 26.2 Å². The topological polar surface area (TPSA) is 62.5 Å². The summed E-state index contributed by atoms with van der Waals surface area (Å²) >= 11 is 3.13. The van der Waals surface area contributed by atoms with Gasteiger partial charge in [-0.15, -0.1) is 11.3 Å². The molecule has 0 atom stereocenters. The van der Waals surface area contributed by atoms with Crippen molar-refractivity contribution in [3.8, 4) is 10.6 Å². The number of hydrogen-bond donors (Lipinski definition) is 0. The van der Waals surface area contributed by atoms with Gasteiger partial charge in [-0.05, 0) is 25.3 Å². The summed E-state index contributed by atoms with van der Waals surface area (Å²) in [6, 6.07) is 4.01. The fourth-order valence-electron chi connectivity index (χ4n) is 3.07. The number of piperazine rings is 1. The van der Waals surface area contributed by atoms with Crippen LogP contribution in [0.4, 0.5) is 0 Å². The van der Waals surface area contributed by atoms with Crippen LogP contribution >= 0.6 is 22.7 Å². The number of aromatic nitrogens is 2. The highest BCUT2D eigenvalue weighted by molar-refractivity contribution is 7.17. The van der Waals surface area contributed by atoms with E-state index in [1.165, 1.54) is 11.3 Å². The van der Waals surface area contributed by atoms with Crippen LogP contribution in [0, 0.1) is 13.8 Å². The highest BCUT2D eigenvalue weighted by Gasteiger charge is 2.26. The molecule has 3 aromatic rings. The van der Waals surface area contributed by atoms with Gasteiger partial charge >= 0.3 is 0 Å². The zero-order chi connectivity index (χ0) is 18.1. The predicted octanol–water partition coefficient (Wildman–Crippen LogP) is 3.43. The maximum Gasteiger partial charge on any atom is 0.265 e. The lowest BCUT2D eigenvalue weighted by Crippen LogP contribution is -2.48. The average Bonchev–Trinajstić information content (AvgIpc) is 3.36. The molecule has 0 aromatic carbocycles. The van der Waals surface area contributed by atoms with Crippen LogP contribution in [0.3, 0.4) is 0 Å². The third-order valence-corrected chi connectivity index (χ3v) is 6.35. The van der Waals surface area contributed by atoms with E-state index >= 15 is 0 Å². The second-order valence-electron chi connectivity index (χ2n) is 6.45. The van der Waals surface area contributed by atoms with E-state index in [9.17, 15) is 4.79 Å². The number of carbonyl (C=O) groups excluding carboxylic acids is 1. The lowest BCUT2D eigenvalue weighted by Gasteiger charge is -2.34. The Labute approximate surface area is 160 Å². The van der Waals surface area contributed by atoms with Crippen molar-refractivity contribution in [1.82, 2.24) is 19.9 Å². The summed E-state index contributed by atoms with van der Waals surface area (Å²) in [6.45, 7) is 7.69. The van der Waals surface area contributed by atoms with Crippen LogP contribution in [-0.4, -0.2) is 52.0 Å². The molecule has 6 nitrogen and oxygen atoms in total. The van der Waals surface area contributed by atoms with E-state index in [0.29, 0.717) is 0 Å². The average molecular weight is 389 g/mol. The molecule has 3 aromatic heterocycles. The number of thiophene rings is 1. The van der Waals surface area contributed by atoms with Gasteiger partial charge in [0.15, 0.2) is 5.76 Å². The molecule has 1 fully saturated rings. The molecule has 1 aliphatic heterocycles. The van der Waals surface area contributed by atoms with Crippen LogP contribution in [0.1, 0.15) is 26.8 Å². The van der Waals surface area contributed by atoms with E-state index in [1.54, 1.807) is 11.3 Å². The van der Waals surface area contributed by atoms with E-state index in [1.807, 2.05) is 36.3 Å². The Hall–Kier alpha value is -2.03. The first-order valence-corrected chi connectivity index (χ1v) is 10.3. The molecule has 8 heteroatoms. The Morgan fingerprint density at radius 2 is 2.08 bits per heavy atom. The summed E-state index contributed by atoms with van der Waals surface area (Å²) in [5.74, 6) is 0.970. The quantitative estimate of drug-likeness (QED) is 0.685. The first-order valence-electron chi connectivity index (χ1n) is 8.54. The smallest absolute Gasteiger partial charge is 0.265 e. The zero-order valence-electron chi connectivity index (χ0n) is 14.8. The lowest BCUT2D eigenvalue weighted by atomic mass is 10.2. The van der Waals surface area contributed by atoms with E-state index in [0.717, 1.165) is 65.3 Å². The molecule has 4 rings (SSSR count). The number of carbonyl (C=O) groups is 1. The maximum atomic E-state index is 12.9. The summed E-state index contributed by atoms with van der Waals surface area (Å²) in [5.41, 5.74) is 2.81. The molecule has 0 bridgehead atoms. The minimum Gasteiger partial charge on any atom is -0.360 e. The molecule has 0 radical (unpaired) electrons. The van der Waals surface area contributed by atoms with Crippen molar-refractivity contribution in [2.24, 2.45) is 0 Å². The third kappa shape index (κ3) is 3.58. The Kier molecular flexibility index (Phi) is 4.88. The maximum absolute atomic E-state index is 12.9. The van der Waals surface area contributed by atoms with Gasteiger partial charge in [0.25, 0.3) is 5.91 Å². The van der Waals surface area contributed by atoms with Gasteiger partial charge in [-0.2, -0.15) is 11.3 Å². The minimum atomic E-state index is 0.0941. The molecule has 0 aliphatic carbocycles. The Balaban J connectivity index is 1.39. The standard InChI is InChI=1S/C18H20N4O2S2/c1-12-9-15(24-20-12)10-21-4-6-22(7-5-21)18(23)16-13(2)19-17(26-16)14-3-8-25-11-14/h3,8-9,11H,4-7,10H2,1-2H3. The van der Waals surface area contributed by atoms with E-state index < -0.39 is 0 Å². The second kappa shape index (κ2) is 7.30. The van der Waals surface area contributed by atoms with Crippen LogP contribution in [0.25, 0.3) is 10.6 Å². The van der Waals surface area contributed by atoms with Crippen molar-refractivity contribution in [1.29, 1.82) is 0 Å². The number of amides is 1. The SMILES string of the molecule is Cc1cc(CN2CCN(C(=O)c3sc(-c4ccsc4)nc3C)CC2)on1.